The first-order valence-corrected chi connectivity index (χ1v) is 15.6. The predicted octanol–water partition coefficient (Wildman–Crippen LogP) is 2.60. The van der Waals surface area contributed by atoms with Crippen molar-refractivity contribution >= 4 is 39.3 Å². The number of hydrogen-bond acceptors (Lipinski definition) is 12. The molecule has 3 aromatic carbocycles. The molecule has 0 spiro atoms. The summed E-state index contributed by atoms with van der Waals surface area (Å²) in [6.45, 7) is 0. The Hall–Kier alpha value is -3.60. The summed E-state index contributed by atoms with van der Waals surface area (Å²) in [7, 11) is -7.33. The smallest absolute Gasteiger partial charge is 0.212 e. The Morgan fingerprint density at radius 1 is 0.556 bits per heavy atom. The molecule has 16 heteroatoms. The highest BCUT2D eigenvalue weighted by atomic mass is 33.1. The van der Waals surface area contributed by atoms with Gasteiger partial charge in [-0.05, 0) is 63.3 Å². The third-order valence-corrected chi connectivity index (χ3v) is 10.9. The fourth-order valence-corrected chi connectivity index (χ4v) is 8.26. The lowest BCUT2D eigenvalue weighted by Gasteiger charge is -2.08. The van der Waals surface area contributed by atoms with Gasteiger partial charge in [0.15, 0.2) is 0 Å². The molecule has 5 rings (SSSR count). The molecule has 2 aromatic heterocycles. The van der Waals surface area contributed by atoms with E-state index in [0.29, 0.717) is 33.0 Å². The lowest BCUT2D eigenvalue weighted by molar-refractivity contribution is 0.608. The number of tetrazole rings is 2. The number of nitrogens with zero attached hydrogens (tertiary/aromatic N) is 8. The maximum atomic E-state index is 13.1. The van der Waals surface area contributed by atoms with Crippen LogP contribution in [0.2, 0.25) is 0 Å². The first-order valence-electron chi connectivity index (χ1n) is 10.0. The van der Waals surface area contributed by atoms with Crippen molar-refractivity contribution < 1.29 is 16.8 Å². The van der Waals surface area contributed by atoms with Gasteiger partial charge in [0.25, 0.3) is 0 Å². The Balaban J connectivity index is 1.42. The molecular weight excluding hydrogens is 545 g/mol. The summed E-state index contributed by atoms with van der Waals surface area (Å²) < 4.78 is 55.1. The third-order valence-electron chi connectivity index (χ3n) is 4.63. The summed E-state index contributed by atoms with van der Waals surface area (Å²) in [5.74, 6) is 0. The Kier molecular flexibility index (Phi) is 6.57. The molecule has 182 valence electrons. The van der Waals surface area contributed by atoms with Crippen LogP contribution in [-0.2, 0) is 17.7 Å². The molecule has 0 bridgehead atoms. The SMILES string of the molecule is O=S(=O)(Sc1nnnn1-c1ccccc1)c1cccc(S(=O)(=O)Sc2nnnn2-c2ccccc2)c1. The molecule has 0 amide bonds. The van der Waals surface area contributed by atoms with Crippen LogP contribution in [0.3, 0.4) is 0 Å². The summed E-state index contributed by atoms with van der Waals surface area (Å²) in [5, 5.41) is 22.4. The van der Waals surface area contributed by atoms with Gasteiger partial charge in [0, 0.05) is 0 Å². The van der Waals surface area contributed by atoms with E-state index in [1.807, 2.05) is 0 Å². The minimum absolute atomic E-state index is 0.00544. The van der Waals surface area contributed by atoms with E-state index in [0.717, 1.165) is 6.07 Å². The van der Waals surface area contributed by atoms with E-state index in [-0.39, 0.29) is 20.1 Å². The number of para-hydroxylation sites is 2. The number of benzene rings is 3. The normalized spacial score (nSPS) is 12.0. The summed E-state index contributed by atoms with van der Waals surface area (Å²) in [4.78, 5) is -0.445. The zero-order valence-corrected chi connectivity index (χ0v) is 21.2. The molecule has 12 nitrogen and oxygen atoms in total. The van der Waals surface area contributed by atoms with Crippen LogP contribution in [-0.4, -0.2) is 57.3 Å². The van der Waals surface area contributed by atoms with Gasteiger partial charge in [-0.3, -0.25) is 0 Å². The van der Waals surface area contributed by atoms with Crippen LogP contribution in [0.25, 0.3) is 11.4 Å². The zero-order chi connectivity index (χ0) is 25.2. The molecule has 5 aromatic rings. The highest BCUT2D eigenvalue weighted by Gasteiger charge is 2.26. The van der Waals surface area contributed by atoms with E-state index in [9.17, 15) is 16.8 Å². The van der Waals surface area contributed by atoms with Gasteiger partial charge in [-0.25, -0.2) is 16.8 Å². The van der Waals surface area contributed by atoms with Crippen LogP contribution in [0.5, 0.6) is 0 Å². The van der Waals surface area contributed by atoms with Crippen molar-refractivity contribution in [3.63, 3.8) is 0 Å². The maximum Gasteiger partial charge on any atom is 0.237 e. The quantitative estimate of drug-likeness (QED) is 0.257. The average Bonchev–Trinajstić information content (AvgIpc) is 3.54. The van der Waals surface area contributed by atoms with Gasteiger partial charge in [-0.2, -0.15) is 9.36 Å². The van der Waals surface area contributed by atoms with Crippen LogP contribution in [0, 0.1) is 0 Å². The molecule has 0 aliphatic rings. The zero-order valence-electron chi connectivity index (χ0n) is 17.9. The van der Waals surface area contributed by atoms with Gasteiger partial charge in [-0.1, -0.05) is 42.5 Å². The Morgan fingerprint density at radius 3 is 1.39 bits per heavy atom. The number of hydrogen-bond donors (Lipinski definition) is 0. The molecule has 0 radical (unpaired) electrons. The van der Waals surface area contributed by atoms with Gasteiger partial charge >= 0.3 is 0 Å². The fourth-order valence-electron chi connectivity index (χ4n) is 3.00. The van der Waals surface area contributed by atoms with E-state index in [1.54, 1.807) is 60.7 Å². The first kappa shape index (κ1) is 24.1. The largest absolute Gasteiger partial charge is 0.237 e. The highest BCUT2D eigenvalue weighted by molar-refractivity contribution is 8.72. The van der Waals surface area contributed by atoms with Crippen molar-refractivity contribution in [3.8, 4) is 11.4 Å². The molecule has 2 heterocycles. The van der Waals surface area contributed by atoms with Gasteiger partial charge in [0.1, 0.15) is 0 Å². The standard InChI is InChI=1S/C20H14N8O4S4/c29-35(30,33-19-21-23-25-27(19)15-8-3-1-4-9-15)17-12-7-13-18(14-17)36(31,32)34-20-22-24-26-28(20)16-10-5-2-6-11-16/h1-14H. The molecule has 0 aliphatic heterocycles. The third kappa shape index (κ3) is 5.01. The van der Waals surface area contributed by atoms with Crippen LogP contribution in [0.15, 0.2) is 105 Å². The molecule has 0 atom stereocenters. The second-order valence-corrected chi connectivity index (χ2v) is 14.4. The van der Waals surface area contributed by atoms with Crippen LogP contribution >= 0.6 is 21.6 Å². The summed E-state index contributed by atoms with van der Waals surface area (Å²) in [5.41, 5.74) is 1.15. The molecule has 0 saturated heterocycles. The minimum Gasteiger partial charge on any atom is -0.212 e. The minimum atomic E-state index is -4.08. The molecule has 0 aliphatic carbocycles. The second kappa shape index (κ2) is 9.81. The van der Waals surface area contributed by atoms with Crippen molar-refractivity contribution in [3.05, 3.63) is 84.9 Å². The topological polar surface area (TPSA) is 155 Å². The van der Waals surface area contributed by atoms with Crippen LogP contribution in [0.4, 0.5) is 0 Å². The van der Waals surface area contributed by atoms with Crippen molar-refractivity contribution in [2.45, 2.75) is 20.1 Å². The highest BCUT2D eigenvalue weighted by Crippen LogP contribution is 2.34. The second-order valence-electron chi connectivity index (χ2n) is 6.97. The first-order chi connectivity index (χ1) is 17.3. The Labute approximate surface area is 212 Å². The molecule has 0 fully saturated rings. The number of aromatic nitrogens is 8. The molecule has 0 N–H and O–H groups in total. The van der Waals surface area contributed by atoms with Gasteiger partial charge < -0.3 is 0 Å². The summed E-state index contributed by atoms with van der Waals surface area (Å²) in [6.07, 6.45) is 0. The molecular formula is C20H14N8O4S4. The molecule has 0 saturated carbocycles. The fraction of sp³-hybridized carbons (Fsp3) is 0. The predicted molar refractivity (Wildman–Crippen MR) is 131 cm³/mol. The van der Waals surface area contributed by atoms with Gasteiger partial charge in [-0.15, -0.1) is 10.2 Å². The monoisotopic (exact) mass is 558 g/mol. The Bertz CT molecular complexity index is 1600. The van der Waals surface area contributed by atoms with Crippen LogP contribution in [0.1, 0.15) is 0 Å². The average molecular weight is 559 g/mol. The van der Waals surface area contributed by atoms with E-state index < -0.39 is 17.7 Å². The number of rotatable bonds is 8. The maximum absolute atomic E-state index is 13.1. The van der Waals surface area contributed by atoms with Crippen molar-refractivity contribution in [1.29, 1.82) is 0 Å². The molecule has 0 unspecified atom stereocenters. The molecule has 36 heavy (non-hydrogen) atoms. The van der Waals surface area contributed by atoms with E-state index in [4.69, 9.17) is 0 Å². The van der Waals surface area contributed by atoms with E-state index in [1.165, 1.54) is 27.6 Å². The van der Waals surface area contributed by atoms with Crippen LogP contribution < -0.4 is 0 Å². The van der Waals surface area contributed by atoms with E-state index >= 15 is 0 Å². The van der Waals surface area contributed by atoms with Gasteiger partial charge in [0.05, 0.1) is 42.8 Å². The summed E-state index contributed by atoms with van der Waals surface area (Å²) >= 11 is 0. The van der Waals surface area contributed by atoms with Crippen molar-refractivity contribution in [2.24, 2.45) is 0 Å². The summed E-state index contributed by atoms with van der Waals surface area (Å²) in [6, 6.07) is 22.6. The lowest BCUT2D eigenvalue weighted by atomic mass is 10.3. The lowest BCUT2D eigenvalue weighted by Crippen LogP contribution is -2.04. The van der Waals surface area contributed by atoms with Gasteiger partial charge in [0.2, 0.25) is 28.1 Å². The van der Waals surface area contributed by atoms with Crippen molar-refractivity contribution in [1.82, 2.24) is 40.4 Å². The Morgan fingerprint density at radius 2 is 0.972 bits per heavy atom. The van der Waals surface area contributed by atoms with E-state index in [2.05, 4.69) is 31.1 Å². The van der Waals surface area contributed by atoms with Crippen molar-refractivity contribution in [2.75, 3.05) is 0 Å².